The SMILES string of the molecule is Cc1ccncc1CC1CO1. The average Bonchev–Trinajstić information content (AvgIpc) is 2.78. The van der Waals surface area contributed by atoms with Crippen molar-refractivity contribution < 1.29 is 4.74 Å². The number of aryl methyl sites for hydroxylation is 1. The minimum atomic E-state index is 0.470. The van der Waals surface area contributed by atoms with Crippen LogP contribution in [-0.4, -0.2) is 17.7 Å². The van der Waals surface area contributed by atoms with Gasteiger partial charge in [0.05, 0.1) is 12.7 Å². The summed E-state index contributed by atoms with van der Waals surface area (Å²) in [5.74, 6) is 0. The van der Waals surface area contributed by atoms with Crippen LogP contribution in [0.3, 0.4) is 0 Å². The first-order valence-electron chi connectivity index (χ1n) is 3.87. The van der Waals surface area contributed by atoms with Gasteiger partial charge in [-0.05, 0) is 24.1 Å². The van der Waals surface area contributed by atoms with E-state index in [0.717, 1.165) is 13.0 Å². The largest absolute Gasteiger partial charge is 0.373 e. The third-order valence-corrected chi connectivity index (χ3v) is 2.00. The summed E-state index contributed by atoms with van der Waals surface area (Å²) in [6, 6.07) is 2.04. The van der Waals surface area contributed by atoms with Gasteiger partial charge >= 0.3 is 0 Å². The summed E-state index contributed by atoms with van der Waals surface area (Å²) in [4.78, 5) is 4.07. The second-order valence-electron chi connectivity index (χ2n) is 2.96. The fraction of sp³-hybridized carbons (Fsp3) is 0.444. The molecule has 1 atom stereocenters. The molecule has 0 amide bonds. The molecule has 1 aliphatic heterocycles. The minimum Gasteiger partial charge on any atom is -0.373 e. The van der Waals surface area contributed by atoms with Crippen LogP contribution in [0.1, 0.15) is 11.1 Å². The first-order chi connectivity index (χ1) is 5.36. The predicted molar refractivity (Wildman–Crippen MR) is 42.4 cm³/mol. The maximum atomic E-state index is 5.14. The van der Waals surface area contributed by atoms with Gasteiger partial charge in [0.15, 0.2) is 0 Å². The fourth-order valence-corrected chi connectivity index (χ4v) is 1.14. The normalized spacial score (nSPS) is 21.7. The Kier molecular flexibility index (Phi) is 1.62. The average molecular weight is 149 g/mol. The first-order valence-corrected chi connectivity index (χ1v) is 3.87. The van der Waals surface area contributed by atoms with Crippen molar-refractivity contribution in [3.8, 4) is 0 Å². The molecule has 2 rings (SSSR count). The topological polar surface area (TPSA) is 25.4 Å². The maximum Gasteiger partial charge on any atom is 0.0850 e. The molecule has 1 aliphatic rings. The van der Waals surface area contributed by atoms with E-state index in [1.165, 1.54) is 11.1 Å². The highest BCUT2D eigenvalue weighted by Gasteiger charge is 2.23. The zero-order valence-corrected chi connectivity index (χ0v) is 6.58. The van der Waals surface area contributed by atoms with Crippen molar-refractivity contribution >= 4 is 0 Å². The van der Waals surface area contributed by atoms with Crippen molar-refractivity contribution in [1.29, 1.82) is 0 Å². The van der Waals surface area contributed by atoms with Crippen LogP contribution in [0.4, 0.5) is 0 Å². The Labute approximate surface area is 66.2 Å². The number of epoxide rings is 1. The molecule has 0 aliphatic carbocycles. The van der Waals surface area contributed by atoms with Gasteiger partial charge in [0, 0.05) is 18.8 Å². The van der Waals surface area contributed by atoms with E-state index >= 15 is 0 Å². The summed E-state index contributed by atoms with van der Waals surface area (Å²) in [5.41, 5.74) is 2.63. The van der Waals surface area contributed by atoms with Crippen molar-refractivity contribution in [2.45, 2.75) is 19.4 Å². The summed E-state index contributed by atoms with van der Waals surface area (Å²) in [7, 11) is 0. The van der Waals surface area contributed by atoms with Crippen LogP contribution in [0.2, 0.25) is 0 Å². The zero-order chi connectivity index (χ0) is 7.68. The molecule has 0 N–H and O–H groups in total. The number of pyridine rings is 1. The van der Waals surface area contributed by atoms with E-state index < -0.39 is 0 Å². The van der Waals surface area contributed by atoms with Crippen LogP contribution in [0, 0.1) is 6.92 Å². The Morgan fingerprint density at radius 2 is 2.55 bits per heavy atom. The molecule has 2 nitrogen and oxygen atoms in total. The standard InChI is InChI=1S/C9H11NO/c1-7-2-3-10-5-8(7)4-9-6-11-9/h2-3,5,9H,4,6H2,1H3. The monoisotopic (exact) mass is 149 g/mol. The lowest BCUT2D eigenvalue weighted by molar-refractivity contribution is 0.407. The summed E-state index contributed by atoms with van der Waals surface area (Å²) in [5, 5.41) is 0. The van der Waals surface area contributed by atoms with Gasteiger partial charge in [0.1, 0.15) is 0 Å². The smallest absolute Gasteiger partial charge is 0.0850 e. The highest BCUT2D eigenvalue weighted by Crippen LogP contribution is 2.17. The molecule has 1 aromatic rings. The fourth-order valence-electron chi connectivity index (χ4n) is 1.14. The third kappa shape index (κ3) is 1.57. The lowest BCUT2D eigenvalue weighted by Crippen LogP contribution is -1.96. The third-order valence-electron chi connectivity index (χ3n) is 2.00. The van der Waals surface area contributed by atoms with Crippen LogP contribution < -0.4 is 0 Å². The summed E-state index contributed by atoms with van der Waals surface area (Å²) in [6.45, 7) is 3.04. The van der Waals surface area contributed by atoms with Gasteiger partial charge < -0.3 is 4.74 Å². The van der Waals surface area contributed by atoms with E-state index in [1.54, 1.807) is 0 Å². The van der Waals surface area contributed by atoms with Crippen LogP contribution >= 0.6 is 0 Å². The molecule has 2 heteroatoms. The molecule has 0 spiro atoms. The second-order valence-corrected chi connectivity index (χ2v) is 2.96. The van der Waals surface area contributed by atoms with Gasteiger partial charge in [-0.1, -0.05) is 0 Å². The Morgan fingerprint density at radius 1 is 1.73 bits per heavy atom. The molecule has 2 heterocycles. The van der Waals surface area contributed by atoms with E-state index in [2.05, 4.69) is 11.9 Å². The Hall–Kier alpha value is -0.890. The lowest BCUT2D eigenvalue weighted by Gasteiger charge is -2.00. The highest BCUT2D eigenvalue weighted by molar-refractivity contribution is 5.22. The number of hydrogen-bond acceptors (Lipinski definition) is 2. The van der Waals surface area contributed by atoms with Crippen LogP contribution in [0.5, 0.6) is 0 Å². The van der Waals surface area contributed by atoms with E-state index in [1.807, 2.05) is 18.5 Å². The molecule has 0 radical (unpaired) electrons. The molecule has 58 valence electrons. The molecular formula is C9H11NO. The molecule has 0 aromatic carbocycles. The maximum absolute atomic E-state index is 5.14. The van der Waals surface area contributed by atoms with Gasteiger partial charge in [-0.2, -0.15) is 0 Å². The molecule has 11 heavy (non-hydrogen) atoms. The van der Waals surface area contributed by atoms with Gasteiger partial charge in [0.2, 0.25) is 0 Å². The number of rotatable bonds is 2. The summed E-state index contributed by atoms with van der Waals surface area (Å²) >= 11 is 0. The van der Waals surface area contributed by atoms with Gasteiger partial charge in [-0.3, -0.25) is 4.98 Å². The van der Waals surface area contributed by atoms with Crippen molar-refractivity contribution in [2.24, 2.45) is 0 Å². The van der Waals surface area contributed by atoms with Crippen LogP contribution in [0.25, 0.3) is 0 Å². The van der Waals surface area contributed by atoms with Gasteiger partial charge in [0.25, 0.3) is 0 Å². The molecule has 0 bridgehead atoms. The molecular weight excluding hydrogens is 138 g/mol. The number of hydrogen-bond donors (Lipinski definition) is 0. The number of nitrogens with zero attached hydrogens (tertiary/aromatic N) is 1. The van der Waals surface area contributed by atoms with Crippen LogP contribution in [0.15, 0.2) is 18.5 Å². The molecule has 1 fully saturated rings. The van der Waals surface area contributed by atoms with Gasteiger partial charge in [-0.25, -0.2) is 0 Å². The van der Waals surface area contributed by atoms with Crippen molar-refractivity contribution in [2.75, 3.05) is 6.61 Å². The number of aromatic nitrogens is 1. The second kappa shape index (κ2) is 2.62. The zero-order valence-electron chi connectivity index (χ0n) is 6.58. The summed E-state index contributed by atoms with van der Waals surface area (Å²) < 4.78 is 5.14. The van der Waals surface area contributed by atoms with Crippen molar-refractivity contribution in [1.82, 2.24) is 4.98 Å². The minimum absolute atomic E-state index is 0.470. The summed E-state index contributed by atoms with van der Waals surface area (Å²) in [6.07, 6.45) is 5.25. The predicted octanol–water partition coefficient (Wildman–Crippen LogP) is 1.33. The molecule has 1 aromatic heterocycles. The molecule has 1 unspecified atom stereocenters. The lowest BCUT2D eigenvalue weighted by atomic mass is 10.1. The van der Waals surface area contributed by atoms with E-state index in [0.29, 0.717) is 6.10 Å². The number of ether oxygens (including phenoxy) is 1. The van der Waals surface area contributed by atoms with E-state index in [9.17, 15) is 0 Å². The molecule has 0 saturated carbocycles. The van der Waals surface area contributed by atoms with E-state index in [-0.39, 0.29) is 0 Å². The van der Waals surface area contributed by atoms with Crippen LogP contribution in [-0.2, 0) is 11.2 Å². The Morgan fingerprint density at radius 3 is 3.18 bits per heavy atom. The quantitative estimate of drug-likeness (QED) is 0.593. The van der Waals surface area contributed by atoms with Gasteiger partial charge in [-0.15, -0.1) is 0 Å². The van der Waals surface area contributed by atoms with Crippen molar-refractivity contribution in [3.63, 3.8) is 0 Å². The molecule has 1 saturated heterocycles. The Balaban J connectivity index is 2.15. The highest BCUT2D eigenvalue weighted by atomic mass is 16.6. The Bertz CT molecular complexity index is 255. The first kappa shape index (κ1) is 6.80. The van der Waals surface area contributed by atoms with Crippen molar-refractivity contribution in [3.05, 3.63) is 29.6 Å². The van der Waals surface area contributed by atoms with E-state index in [4.69, 9.17) is 4.74 Å².